The Balaban J connectivity index is 1.21. The molecule has 4 heterocycles. The highest BCUT2D eigenvalue weighted by molar-refractivity contribution is 5.80. The number of nitrogens with zero attached hydrogens (tertiary/aromatic N) is 6. The Morgan fingerprint density at radius 2 is 1.80 bits per heavy atom. The SMILES string of the molecule is CC(C)(O)c1cccc(-n2c(C3CC3)cc3cnc(Nc4ccc(N5CCN(CC(=O)NO)CC5)cc4)nc32)n1. The first kappa shape index (κ1) is 26.2. The molecule has 1 aliphatic carbocycles. The smallest absolute Gasteiger partial charge is 0.257 e. The van der Waals surface area contributed by atoms with Gasteiger partial charge in [0.15, 0.2) is 5.65 Å². The molecular weight excluding hydrogens is 508 g/mol. The van der Waals surface area contributed by atoms with E-state index in [0.717, 1.165) is 67.2 Å². The van der Waals surface area contributed by atoms with E-state index in [4.69, 9.17) is 15.2 Å². The number of benzene rings is 1. The predicted molar refractivity (Wildman–Crippen MR) is 152 cm³/mol. The molecule has 208 valence electrons. The van der Waals surface area contributed by atoms with E-state index in [1.807, 2.05) is 41.4 Å². The van der Waals surface area contributed by atoms with Crippen molar-refractivity contribution in [2.45, 2.75) is 38.2 Å². The maximum absolute atomic E-state index is 11.4. The lowest BCUT2D eigenvalue weighted by molar-refractivity contribution is -0.130. The fourth-order valence-electron chi connectivity index (χ4n) is 5.17. The van der Waals surface area contributed by atoms with Gasteiger partial charge in [-0.05, 0) is 75.1 Å². The number of rotatable bonds is 8. The van der Waals surface area contributed by atoms with Crippen molar-refractivity contribution in [2.75, 3.05) is 42.9 Å². The second kappa shape index (κ2) is 10.5. The van der Waals surface area contributed by atoms with Crippen LogP contribution in [0, 0.1) is 0 Å². The van der Waals surface area contributed by atoms with Gasteiger partial charge in [0.2, 0.25) is 5.95 Å². The number of carbonyl (C=O) groups is 1. The topological polar surface area (TPSA) is 132 Å². The van der Waals surface area contributed by atoms with Crippen molar-refractivity contribution >= 4 is 34.3 Å². The Morgan fingerprint density at radius 1 is 1.05 bits per heavy atom. The van der Waals surface area contributed by atoms with E-state index in [1.165, 1.54) is 5.69 Å². The highest BCUT2D eigenvalue weighted by Crippen LogP contribution is 2.43. The molecule has 1 amide bonds. The zero-order chi connectivity index (χ0) is 27.9. The summed E-state index contributed by atoms with van der Waals surface area (Å²) in [5.41, 5.74) is 5.19. The van der Waals surface area contributed by atoms with Gasteiger partial charge in [0, 0.05) is 54.8 Å². The molecule has 3 aromatic heterocycles. The zero-order valence-electron chi connectivity index (χ0n) is 22.7. The maximum Gasteiger partial charge on any atom is 0.257 e. The fourth-order valence-corrected chi connectivity index (χ4v) is 5.17. The number of anilines is 3. The number of carbonyl (C=O) groups excluding carboxylic acids is 1. The van der Waals surface area contributed by atoms with Crippen LogP contribution in [0.15, 0.2) is 54.7 Å². The Labute approximate surface area is 232 Å². The number of hydrogen-bond donors (Lipinski definition) is 4. The zero-order valence-corrected chi connectivity index (χ0v) is 22.7. The van der Waals surface area contributed by atoms with Crippen LogP contribution in [-0.2, 0) is 10.4 Å². The summed E-state index contributed by atoms with van der Waals surface area (Å²) in [6.07, 6.45) is 4.12. The number of pyridine rings is 1. The molecule has 0 spiro atoms. The number of aliphatic hydroxyl groups is 1. The molecule has 2 fully saturated rings. The van der Waals surface area contributed by atoms with Gasteiger partial charge in [-0.3, -0.25) is 19.5 Å². The molecule has 1 saturated heterocycles. The molecule has 0 bridgehead atoms. The Bertz CT molecular complexity index is 1520. The monoisotopic (exact) mass is 542 g/mol. The Kier molecular flexibility index (Phi) is 6.87. The third-order valence-corrected chi connectivity index (χ3v) is 7.51. The lowest BCUT2D eigenvalue weighted by Crippen LogP contribution is -2.49. The molecule has 11 heteroatoms. The van der Waals surface area contributed by atoms with Crippen LogP contribution in [0.2, 0.25) is 0 Å². The van der Waals surface area contributed by atoms with Gasteiger partial charge in [0.05, 0.1) is 12.2 Å². The van der Waals surface area contributed by atoms with Gasteiger partial charge < -0.3 is 15.3 Å². The Hall–Kier alpha value is -4.06. The van der Waals surface area contributed by atoms with Gasteiger partial charge in [-0.15, -0.1) is 0 Å². The first-order valence-corrected chi connectivity index (χ1v) is 13.6. The fraction of sp³-hybridized carbons (Fsp3) is 0.379. The van der Waals surface area contributed by atoms with Crippen LogP contribution in [0.25, 0.3) is 16.9 Å². The molecule has 1 saturated carbocycles. The van der Waals surface area contributed by atoms with Crippen molar-refractivity contribution in [2.24, 2.45) is 0 Å². The van der Waals surface area contributed by atoms with Gasteiger partial charge in [0.1, 0.15) is 11.4 Å². The standard InChI is InChI=1S/C29H34N8O3/c1-29(2,39)24-4-3-5-25(32-24)37-23(19-6-7-19)16-20-17-30-28(33-27(20)37)31-21-8-10-22(11-9-21)36-14-12-35(13-15-36)18-26(38)34-40/h3-5,8-11,16-17,19,39-40H,6-7,12-15,18H2,1-2H3,(H,34,38)(H,30,31,33). The van der Waals surface area contributed by atoms with Crippen LogP contribution >= 0.6 is 0 Å². The van der Waals surface area contributed by atoms with Crippen LogP contribution in [0.3, 0.4) is 0 Å². The molecule has 6 rings (SSSR count). The van der Waals surface area contributed by atoms with E-state index in [-0.39, 0.29) is 12.5 Å². The summed E-state index contributed by atoms with van der Waals surface area (Å²) in [6.45, 7) is 6.77. The molecule has 40 heavy (non-hydrogen) atoms. The maximum atomic E-state index is 11.4. The van der Waals surface area contributed by atoms with E-state index in [1.54, 1.807) is 19.3 Å². The van der Waals surface area contributed by atoms with Gasteiger partial charge in [-0.1, -0.05) is 6.07 Å². The largest absolute Gasteiger partial charge is 0.384 e. The van der Waals surface area contributed by atoms with Crippen molar-refractivity contribution in [1.29, 1.82) is 0 Å². The van der Waals surface area contributed by atoms with Crippen molar-refractivity contribution in [3.8, 4) is 5.82 Å². The molecule has 4 N–H and O–H groups in total. The van der Waals surface area contributed by atoms with Crippen LogP contribution in [0.1, 0.15) is 44.0 Å². The van der Waals surface area contributed by atoms with Crippen LogP contribution in [0.4, 0.5) is 17.3 Å². The summed E-state index contributed by atoms with van der Waals surface area (Å²) < 4.78 is 2.10. The molecule has 0 atom stereocenters. The Morgan fingerprint density at radius 3 is 2.48 bits per heavy atom. The van der Waals surface area contributed by atoms with E-state index < -0.39 is 5.60 Å². The number of nitrogens with one attached hydrogen (secondary N) is 2. The van der Waals surface area contributed by atoms with E-state index in [0.29, 0.717) is 17.6 Å². The third-order valence-electron chi connectivity index (χ3n) is 7.51. The average Bonchev–Trinajstić information content (AvgIpc) is 3.74. The molecule has 1 aromatic carbocycles. The summed E-state index contributed by atoms with van der Waals surface area (Å²) in [5.74, 6) is 1.32. The van der Waals surface area contributed by atoms with Gasteiger partial charge in [-0.25, -0.2) is 15.4 Å². The van der Waals surface area contributed by atoms with Crippen molar-refractivity contribution in [3.05, 3.63) is 66.1 Å². The molecule has 2 aliphatic rings. The highest BCUT2D eigenvalue weighted by Gasteiger charge is 2.30. The van der Waals surface area contributed by atoms with Crippen LogP contribution in [-0.4, -0.2) is 73.4 Å². The molecule has 1 aliphatic heterocycles. The average molecular weight is 543 g/mol. The minimum atomic E-state index is -1.05. The number of hydrogen-bond acceptors (Lipinski definition) is 9. The van der Waals surface area contributed by atoms with Crippen molar-refractivity contribution in [1.82, 2.24) is 29.9 Å². The van der Waals surface area contributed by atoms with Gasteiger partial charge in [0.25, 0.3) is 5.91 Å². The van der Waals surface area contributed by atoms with E-state index in [9.17, 15) is 9.90 Å². The lowest BCUT2D eigenvalue weighted by Gasteiger charge is -2.35. The summed E-state index contributed by atoms with van der Waals surface area (Å²) >= 11 is 0. The summed E-state index contributed by atoms with van der Waals surface area (Å²) in [5, 5.41) is 23.6. The predicted octanol–water partition coefficient (Wildman–Crippen LogP) is 3.29. The number of fused-ring (bicyclic) bond motifs is 1. The number of aromatic nitrogens is 4. The molecule has 0 radical (unpaired) electrons. The first-order valence-electron chi connectivity index (χ1n) is 13.6. The highest BCUT2D eigenvalue weighted by atomic mass is 16.5. The summed E-state index contributed by atoms with van der Waals surface area (Å²) in [4.78, 5) is 30.0. The first-order chi connectivity index (χ1) is 19.3. The second-order valence-electron chi connectivity index (χ2n) is 11.1. The quantitative estimate of drug-likeness (QED) is 0.196. The van der Waals surface area contributed by atoms with E-state index in [2.05, 4.69) is 38.0 Å². The minimum absolute atomic E-state index is 0.198. The lowest BCUT2D eigenvalue weighted by atomic mass is 10.1. The molecule has 11 nitrogen and oxygen atoms in total. The normalized spacial score (nSPS) is 16.4. The second-order valence-corrected chi connectivity index (χ2v) is 11.1. The van der Waals surface area contributed by atoms with E-state index >= 15 is 0 Å². The van der Waals surface area contributed by atoms with Crippen molar-refractivity contribution < 1.29 is 15.1 Å². The summed E-state index contributed by atoms with van der Waals surface area (Å²) in [7, 11) is 0. The third kappa shape index (κ3) is 5.48. The number of hydroxylamine groups is 1. The number of piperazine rings is 1. The van der Waals surface area contributed by atoms with Gasteiger partial charge >= 0.3 is 0 Å². The number of amides is 1. The summed E-state index contributed by atoms with van der Waals surface area (Å²) in [6, 6.07) is 16.0. The van der Waals surface area contributed by atoms with Crippen LogP contribution in [0.5, 0.6) is 0 Å². The van der Waals surface area contributed by atoms with Gasteiger partial charge in [-0.2, -0.15) is 4.98 Å². The van der Waals surface area contributed by atoms with Crippen LogP contribution < -0.4 is 15.7 Å². The minimum Gasteiger partial charge on any atom is -0.384 e. The van der Waals surface area contributed by atoms with Crippen molar-refractivity contribution in [3.63, 3.8) is 0 Å². The molecule has 4 aromatic rings. The molecule has 0 unspecified atom stereocenters. The molecular formula is C29H34N8O3.